The predicted octanol–water partition coefficient (Wildman–Crippen LogP) is 1.52. The predicted molar refractivity (Wildman–Crippen MR) is 65.7 cm³/mol. The van der Waals surface area contributed by atoms with Gasteiger partial charge >= 0.3 is 0 Å². The van der Waals surface area contributed by atoms with E-state index in [1.807, 2.05) is 32.3 Å². The average Bonchev–Trinajstić information content (AvgIpc) is 2.82. The van der Waals surface area contributed by atoms with E-state index >= 15 is 0 Å². The lowest BCUT2D eigenvalue weighted by molar-refractivity contribution is -0.126. The van der Waals surface area contributed by atoms with Gasteiger partial charge in [0.2, 0.25) is 5.91 Å². The van der Waals surface area contributed by atoms with Crippen LogP contribution in [-0.4, -0.2) is 34.0 Å². The van der Waals surface area contributed by atoms with Gasteiger partial charge in [-0.25, -0.2) is 4.98 Å². The molecule has 1 unspecified atom stereocenters. The van der Waals surface area contributed by atoms with Gasteiger partial charge in [-0.2, -0.15) is 0 Å². The molecule has 0 bridgehead atoms. The number of benzene rings is 1. The summed E-state index contributed by atoms with van der Waals surface area (Å²) < 4.78 is 2.10. The molecule has 17 heavy (non-hydrogen) atoms. The highest BCUT2D eigenvalue weighted by Crippen LogP contribution is 2.28. The second kappa shape index (κ2) is 3.58. The fourth-order valence-electron chi connectivity index (χ4n) is 2.57. The van der Waals surface area contributed by atoms with E-state index in [0.717, 1.165) is 23.4 Å². The number of likely N-dealkylation sites (N-methyl/N-ethyl adjacent to an activating group) is 1. The third-order valence-corrected chi connectivity index (χ3v) is 3.53. The Balaban J connectivity index is 2.06. The molecule has 2 heterocycles. The molecular formula is C13H15N3O. The fraction of sp³-hybridized carbons (Fsp3) is 0.385. The van der Waals surface area contributed by atoms with Crippen molar-refractivity contribution < 1.29 is 4.79 Å². The van der Waals surface area contributed by atoms with Crippen LogP contribution in [0.5, 0.6) is 0 Å². The van der Waals surface area contributed by atoms with Gasteiger partial charge in [0.05, 0.1) is 11.0 Å². The Kier molecular flexibility index (Phi) is 2.18. The lowest BCUT2D eigenvalue weighted by Crippen LogP contribution is -2.19. The summed E-state index contributed by atoms with van der Waals surface area (Å²) in [4.78, 5) is 18.0. The van der Waals surface area contributed by atoms with Gasteiger partial charge in [0.25, 0.3) is 0 Å². The standard InChI is InChI=1S/C13H15N3O/c1-15-8-9(7-12(15)17)13-14-10-5-3-4-6-11(10)16(13)2/h3-6,9H,7-8H2,1-2H3. The van der Waals surface area contributed by atoms with Gasteiger partial charge in [-0.15, -0.1) is 0 Å². The summed E-state index contributed by atoms with van der Waals surface area (Å²) in [6, 6.07) is 8.08. The van der Waals surface area contributed by atoms with E-state index in [1.165, 1.54) is 0 Å². The molecule has 0 N–H and O–H groups in total. The minimum atomic E-state index is 0.210. The molecule has 1 aromatic heterocycles. The Morgan fingerprint density at radius 1 is 1.29 bits per heavy atom. The molecule has 2 aromatic rings. The summed E-state index contributed by atoms with van der Waals surface area (Å²) >= 11 is 0. The van der Waals surface area contributed by atoms with Gasteiger partial charge in [0.1, 0.15) is 5.82 Å². The van der Waals surface area contributed by atoms with Crippen LogP contribution in [0.4, 0.5) is 0 Å². The van der Waals surface area contributed by atoms with Crippen LogP contribution in [0, 0.1) is 0 Å². The van der Waals surface area contributed by atoms with Gasteiger partial charge < -0.3 is 9.47 Å². The highest BCUT2D eigenvalue weighted by Gasteiger charge is 2.31. The molecular weight excluding hydrogens is 214 g/mol. The smallest absolute Gasteiger partial charge is 0.223 e. The van der Waals surface area contributed by atoms with Crippen molar-refractivity contribution in [3.63, 3.8) is 0 Å². The lowest BCUT2D eigenvalue weighted by Gasteiger charge is -2.10. The van der Waals surface area contributed by atoms with Crippen molar-refractivity contribution in [2.75, 3.05) is 13.6 Å². The number of para-hydroxylation sites is 2. The first-order valence-electron chi connectivity index (χ1n) is 5.82. The summed E-state index contributed by atoms with van der Waals surface area (Å²) in [5, 5.41) is 0. The van der Waals surface area contributed by atoms with Crippen molar-refractivity contribution in [3.8, 4) is 0 Å². The number of hydrogen-bond donors (Lipinski definition) is 0. The monoisotopic (exact) mass is 229 g/mol. The Morgan fingerprint density at radius 3 is 2.71 bits per heavy atom. The summed E-state index contributed by atoms with van der Waals surface area (Å²) in [6.07, 6.45) is 0.577. The number of hydrogen-bond acceptors (Lipinski definition) is 2. The molecule has 1 saturated heterocycles. The average molecular weight is 229 g/mol. The van der Waals surface area contributed by atoms with Crippen LogP contribution in [0.15, 0.2) is 24.3 Å². The number of aromatic nitrogens is 2. The number of rotatable bonds is 1. The highest BCUT2D eigenvalue weighted by molar-refractivity contribution is 5.80. The number of imidazole rings is 1. The van der Waals surface area contributed by atoms with Crippen molar-refractivity contribution >= 4 is 16.9 Å². The van der Waals surface area contributed by atoms with Crippen molar-refractivity contribution in [1.29, 1.82) is 0 Å². The lowest BCUT2D eigenvalue weighted by atomic mass is 10.1. The third kappa shape index (κ3) is 1.52. The number of aryl methyl sites for hydroxylation is 1. The van der Waals surface area contributed by atoms with Crippen molar-refractivity contribution in [2.24, 2.45) is 7.05 Å². The molecule has 1 aliphatic rings. The minimum absolute atomic E-state index is 0.210. The summed E-state index contributed by atoms with van der Waals surface area (Å²) in [7, 11) is 3.87. The van der Waals surface area contributed by atoms with Crippen LogP contribution in [-0.2, 0) is 11.8 Å². The minimum Gasteiger partial charge on any atom is -0.345 e. The molecule has 0 aliphatic carbocycles. The molecule has 4 heteroatoms. The van der Waals surface area contributed by atoms with Gasteiger partial charge in [-0.3, -0.25) is 4.79 Å². The largest absolute Gasteiger partial charge is 0.345 e. The van der Waals surface area contributed by atoms with Crippen molar-refractivity contribution in [1.82, 2.24) is 14.5 Å². The van der Waals surface area contributed by atoms with Crippen LogP contribution in [0.25, 0.3) is 11.0 Å². The van der Waals surface area contributed by atoms with Gasteiger partial charge in [0, 0.05) is 33.0 Å². The van der Waals surface area contributed by atoms with Gasteiger partial charge in [0.15, 0.2) is 0 Å². The molecule has 4 nitrogen and oxygen atoms in total. The zero-order chi connectivity index (χ0) is 12.0. The molecule has 0 saturated carbocycles. The molecule has 1 fully saturated rings. The van der Waals surface area contributed by atoms with E-state index in [0.29, 0.717) is 6.42 Å². The Bertz CT molecular complexity index is 587. The zero-order valence-corrected chi connectivity index (χ0v) is 10.1. The van der Waals surface area contributed by atoms with Crippen LogP contribution in [0.2, 0.25) is 0 Å². The summed E-state index contributed by atoms with van der Waals surface area (Å²) in [5.74, 6) is 1.45. The van der Waals surface area contributed by atoms with Gasteiger partial charge in [-0.1, -0.05) is 12.1 Å². The fourth-order valence-corrected chi connectivity index (χ4v) is 2.57. The van der Waals surface area contributed by atoms with Crippen molar-refractivity contribution in [2.45, 2.75) is 12.3 Å². The number of nitrogens with zero attached hydrogens (tertiary/aromatic N) is 3. The maximum absolute atomic E-state index is 11.6. The van der Waals surface area contributed by atoms with E-state index in [4.69, 9.17) is 0 Å². The normalized spacial score (nSPS) is 20.5. The topological polar surface area (TPSA) is 38.1 Å². The molecule has 0 spiro atoms. The van der Waals surface area contributed by atoms with Crippen LogP contribution >= 0.6 is 0 Å². The Labute approximate surface area is 99.9 Å². The van der Waals surface area contributed by atoms with Crippen LogP contribution in [0.1, 0.15) is 18.2 Å². The quantitative estimate of drug-likeness (QED) is 0.743. The second-order valence-corrected chi connectivity index (χ2v) is 4.69. The maximum Gasteiger partial charge on any atom is 0.223 e. The first-order chi connectivity index (χ1) is 8.16. The number of carbonyl (C=O) groups excluding carboxylic acids is 1. The Morgan fingerprint density at radius 2 is 2.06 bits per heavy atom. The van der Waals surface area contributed by atoms with E-state index < -0.39 is 0 Å². The molecule has 3 rings (SSSR count). The van der Waals surface area contributed by atoms with E-state index in [1.54, 1.807) is 4.90 Å². The Hall–Kier alpha value is -1.84. The molecule has 0 radical (unpaired) electrons. The van der Waals surface area contributed by atoms with Crippen molar-refractivity contribution in [3.05, 3.63) is 30.1 Å². The third-order valence-electron chi connectivity index (χ3n) is 3.53. The SMILES string of the molecule is CN1CC(c2nc3ccccc3n2C)CC1=O. The second-order valence-electron chi connectivity index (χ2n) is 4.69. The summed E-state index contributed by atoms with van der Waals surface area (Å²) in [5.41, 5.74) is 2.14. The number of carbonyl (C=O) groups is 1. The molecule has 1 aliphatic heterocycles. The zero-order valence-electron chi connectivity index (χ0n) is 10.1. The first kappa shape index (κ1) is 10.3. The van der Waals surface area contributed by atoms with Crippen LogP contribution in [0.3, 0.4) is 0 Å². The number of likely N-dealkylation sites (tertiary alicyclic amines) is 1. The molecule has 1 amide bonds. The van der Waals surface area contributed by atoms with Gasteiger partial charge in [-0.05, 0) is 12.1 Å². The number of amides is 1. The molecule has 1 atom stereocenters. The molecule has 1 aromatic carbocycles. The molecule has 88 valence electrons. The van der Waals surface area contributed by atoms with E-state index in [9.17, 15) is 4.79 Å². The first-order valence-corrected chi connectivity index (χ1v) is 5.82. The van der Waals surface area contributed by atoms with Crippen LogP contribution < -0.4 is 0 Å². The maximum atomic E-state index is 11.6. The van der Waals surface area contributed by atoms with E-state index in [-0.39, 0.29) is 11.8 Å². The van der Waals surface area contributed by atoms with E-state index in [2.05, 4.69) is 15.6 Å². The summed E-state index contributed by atoms with van der Waals surface area (Å²) in [6.45, 7) is 0.774. The highest BCUT2D eigenvalue weighted by atomic mass is 16.2. The number of fused-ring (bicyclic) bond motifs is 1.